The van der Waals surface area contributed by atoms with Gasteiger partial charge in [0.25, 0.3) is 17.7 Å². The van der Waals surface area contributed by atoms with Crippen LogP contribution in [0.25, 0.3) is 0 Å². The monoisotopic (exact) mass is 413 g/mol. The summed E-state index contributed by atoms with van der Waals surface area (Å²) in [6.45, 7) is 5.50. The number of anilines is 1. The number of halogens is 1. The molecule has 0 aromatic heterocycles. The third-order valence-corrected chi connectivity index (χ3v) is 5.39. The van der Waals surface area contributed by atoms with Gasteiger partial charge in [-0.05, 0) is 68.6 Å². The van der Waals surface area contributed by atoms with Crippen molar-refractivity contribution in [1.29, 1.82) is 0 Å². The maximum absolute atomic E-state index is 13.0. The number of nitrogens with zero attached hydrogens (tertiary/aromatic N) is 1. The van der Waals surface area contributed by atoms with Gasteiger partial charge >= 0.3 is 0 Å². The van der Waals surface area contributed by atoms with E-state index in [9.17, 15) is 14.4 Å². The summed E-state index contributed by atoms with van der Waals surface area (Å²) < 4.78 is 0. The van der Waals surface area contributed by atoms with Crippen molar-refractivity contribution in [2.24, 2.45) is 0 Å². The molecule has 152 valence electrons. The zero-order valence-corrected chi connectivity index (χ0v) is 17.3. The number of carbonyl (C=O) groups is 3. The van der Waals surface area contributed by atoms with E-state index >= 15 is 0 Å². The summed E-state index contributed by atoms with van der Waals surface area (Å²) in [4.78, 5) is 39.7. The van der Waals surface area contributed by atoms with Gasteiger partial charge in [0.15, 0.2) is 0 Å². The van der Waals surface area contributed by atoms with Crippen molar-refractivity contribution in [2.45, 2.75) is 32.7 Å². The summed E-state index contributed by atoms with van der Waals surface area (Å²) in [5.41, 5.74) is 3.42. The van der Waals surface area contributed by atoms with Crippen molar-refractivity contribution in [3.63, 3.8) is 0 Å². The number of imide groups is 1. The van der Waals surface area contributed by atoms with Crippen LogP contribution in [0.1, 0.15) is 55.0 Å². The Morgan fingerprint density at radius 1 is 1.07 bits per heavy atom. The molecule has 2 heterocycles. The van der Waals surface area contributed by atoms with Gasteiger partial charge in [-0.3, -0.25) is 14.4 Å². The van der Waals surface area contributed by atoms with E-state index in [4.69, 9.17) is 0 Å². The highest BCUT2D eigenvalue weighted by Gasteiger charge is 2.38. The van der Waals surface area contributed by atoms with Gasteiger partial charge in [-0.15, -0.1) is 12.4 Å². The summed E-state index contributed by atoms with van der Waals surface area (Å²) >= 11 is 0. The summed E-state index contributed by atoms with van der Waals surface area (Å²) in [5, 5.41) is 6.26. The van der Waals surface area contributed by atoms with Crippen LogP contribution in [-0.4, -0.2) is 36.9 Å². The molecule has 1 atom stereocenters. The summed E-state index contributed by atoms with van der Waals surface area (Å²) in [6, 6.07) is 10.5. The van der Waals surface area contributed by atoms with Gasteiger partial charge in [0, 0.05) is 18.2 Å². The number of nitrogens with one attached hydrogen (secondary N) is 2. The van der Waals surface area contributed by atoms with Crippen molar-refractivity contribution in [1.82, 2.24) is 10.6 Å². The first kappa shape index (κ1) is 21.0. The first-order valence-electron chi connectivity index (χ1n) is 9.57. The molecule has 1 fully saturated rings. The highest BCUT2D eigenvalue weighted by molar-refractivity contribution is 6.35. The Kier molecular flexibility index (Phi) is 6.05. The number of rotatable bonds is 3. The van der Waals surface area contributed by atoms with Gasteiger partial charge in [-0.1, -0.05) is 12.1 Å². The molecule has 0 spiro atoms. The van der Waals surface area contributed by atoms with Crippen LogP contribution in [0.5, 0.6) is 0 Å². The topological polar surface area (TPSA) is 78.5 Å². The number of piperidine rings is 1. The molecule has 6 nitrogen and oxygen atoms in total. The van der Waals surface area contributed by atoms with Crippen molar-refractivity contribution < 1.29 is 14.4 Å². The number of fused-ring (bicyclic) bond motifs is 1. The lowest BCUT2D eigenvalue weighted by Crippen LogP contribution is -2.45. The molecule has 0 bridgehead atoms. The molecule has 29 heavy (non-hydrogen) atoms. The zero-order valence-electron chi connectivity index (χ0n) is 16.5. The highest BCUT2D eigenvalue weighted by Crippen LogP contribution is 2.31. The number of aryl methyl sites for hydroxylation is 2. The van der Waals surface area contributed by atoms with Gasteiger partial charge < -0.3 is 10.6 Å². The normalized spacial score (nSPS) is 18.3. The van der Waals surface area contributed by atoms with E-state index in [1.165, 1.54) is 11.0 Å². The van der Waals surface area contributed by atoms with Crippen molar-refractivity contribution >= 4 is 35.8 Å². The van der Waals surface area contributed by atoms with Gasteiger partial charge in [-0.2, -0.15) is 0 Å². The summed E-state index contributed by atoms with van der Waals surface area (Å²) in [5.74, 6) is -0.957. The van der Waals surface area contributed by atoms with Crippen molar-refractivity contribution in [3.8, 4) is 0 Å². The molecule has 0 aliphatic carbocycles. The lowest BCUT2D eigenvalue weighted by molar-refractivity contribution is 0.0919. The largest absolute Gasteiger partial charge is 0.348 e. The first-order chi connectivity index (χ1) is 13.5. The standard InChI is InChI=1S/C22H23N3O3.ClH/c1-13-5-6-14(2)19(10-13)25-21(27)17-8-7-15(11-18(17)22(25)28)20(26)24-16-4-3-9-23-12-16;/h5-8,10-11,16,23H,3-4,9,12H2,1-2H3,(H,24,26);1H/t16-;/m0./s1. The molecule has 2 aromatic carbocycles. The number of amides is 3. The molecule has 2 N–H and O–H groups in total. The second-order valence-electron chi connectivity index (χ2n) is 7.51. The lowest BCUT2D eigenvalue weighted by Gasteiger charge is -2.23. The molecular formula is C22H24ClN3O3. The van der Waals surface area contributed by atoms with Crippen LogP contribution >= 0.6 is 12.4 Å². The van der Waals surface area contributed by atoms with E-state index < -0.39 is 0 Å². The van der Waals surface area contributed by atoms with Crippen LogP contribution in [0.15, 0.2) is 36.4 Å². The van der Waals surface area contributed by atoms with E-state index in [0.717, 1.165) is 37.1 Å². The number of hydrogen-bond donors (Lipinski definition) is 2. The molecule has 0 unspecified atom stereocenters. The number of benzene rings is 2. The zero-order chi connectivity index (χ0) is 19.8. The van der Waals surface area contributed by atoms with Crippen molar-refractivity contribution in [2.75, 3.05) is 18.0 Å². The molecule has 2 aliphatic rings. The molecule has 3 amide bonds. The SMILES string of the molecule is Cc1ccc(C)c(N2C(=O)c3ccc(C(=O)N[C@H]4CCCNC4)cc3C2=O)c1.Cl. The van der Waals surface area contributed by atoms with Crippen LogP contribution in [0.4, 0.5) is 5.69 Å². The molecule has 0 radical (unpaired) electrons. The molecule has 4 rings (SSSR count). The fourth-order valence-electron chi connectivity index (χ4n) is 3.80. The third-order valence-electron chi connectivity index (χ3n) is 5.39. The van der Waals surface area contributed by atoms with Crippen LogP contribution < -0.4 is 15.5 Å². The first-order valence-corrected chi connectivity index (χ1v) is 9.57. The van der Waals surface area contributed by atoms with Crippen LogP contribution in [0.2, 0.25) is 0 Å². The smallest absolute Gasteiger partial charge is 0.266 e. The average Bonchev–Trinajstić information content (AvgIpc) is 2.94. The van der Waals surface area contributed by atoms with Gasteiger partial charge in [0.2, 0.25) is 0 Å². The third kappa shape index (κ3) is 3.91. The molecule has 1 saturated heterocycles. The number of hydrogen-bond acceptors (Lipinski definition) is 4. The summed E-state index contributed by atoms with van der Waals surface area (Å²) in [7, 11) is 0. The maximum Gasteiger partial charge on any atom is 0.266 e. The lowest BCUT2D eigenvalue weighted by atomic mass is 10.0. The minimum atomic E-state index is -0.386. The molecule has 2 aliphatic heterocycles. The molecular weight excluding hydrogens is 390 g/mol. The molecule has 0 saturated carbocycles. The molecule has 7 heteroatoms. The van der Waals surface area contributed by atoms with Crippen LogP contribution in [0.3, 0.4) is 0 Å². The van der Waals surface area contributed by atoms with Crippen molar-refractivity contribution in [3.05, 3.63) is 64.2 Å². The Balaban J connectivity index is 0.00000240. The average molecular weight is 414 g/mol. The van der Waals surface area contributed by atoms with E-state index in [2.05, 4.69) is 10.6 Å². The van der Waals surface area contributed by atoms with E-state index in [1.807, 2.05) is 32.0 Å². The van der Waals surface area contributed by atoms with E-state index in [1.54, 1.807) is 12.1 Å². The van der Waals surface area contributed by atoms with Crippen LogP contribution in [-0.2, 0) is 0 Å². The maximum atomic E-state index is 13.0. The minimum absolute atomic E-state index is 0. The minimum Gasteiger partial charge on any atom is -0.348 e. The Labute approximate surface area is 176 Å². The van der Waals surface area contributed by atoms with E-state index in [0.29, 0.717) is 16.8 Å². The molecule has 2 aromatic rings. The Morgan fingerprint density at radius 3 is 2.55 bits per heavy atom. The fourth-order valence-corrected chi connectivity index (χ4v) is 3.80. The van der Waals surface area contributed by atoms with Crippen LogP contribution in [0, 0.1) is 13.8 Å². The quantitative estimate of drug-likeness (QED) is 0.758. The fraction of sp³-hybridized carbons (Fsp3) is 0.318. The Hall–Kier alpha value is -2.70. The number of carbonyl (C=O) groups excluding carboxylic acids is 3. The predicted octanol–water partition coefficient (Wildman–Crippen LogP) is 3.01. The Morgan fingerprint density at radius 2 is 1.83 bits per heavy atom. The van der Waals surface area contributed by atoms with Gasteiger partial charge in [0.1, 0.15) is 0 Å². The Bertz CT molecular complexity index is 983. The predicted molar refractivity (Wildman–Crippen MR) is 114 cm³/mol. The van der Waals surface area contributed by atoms with Gasteiger partial charge in [-0.25, -0.2) is 4.90 Å². The van der Waals surface area contributed by atoms with Gasteiger partial charge in [0.05, 0.1) is 16.8 Å². The highest BCUT2D eigenvalue weighted by atomic mass is 35.5. The summed E-state index contributed by atoms with van der Waals surface area (Å²) in [6.07, 6.45) is 1.95. The second-order valence-corrected chi connectivity index (χ2v) is 7.51. The van der Waals surface area contributed by atoms with E-state index in [-0.39, 0.29) is 41.7 Å². The second kappa shape index (κ2) is 8.35.